The Hall–Kier alpha value is -0.900. The molecular formula is C20H32O4. The number of ether oxygens (including phenoxy) is 2. The lowest BCUT2D eigenvalue weighted by molar-refractivity contribution is -0.145. The van der Waals surface area contributed by atoms with Gasteiger partial charge < -0.3 is 9.47 Å². The van der Waals surface area contributed by atoms with Gasteiger partial charge in [-0.1, -0.05) is 19.8 Å². The Kier molecular flexibility index (Phi) is 6.31. The highest BCUT2D eigenvalue weighted by Gasteiger charge is 2.44. The molecule has 0 aromatic carbocycles. The Bertz CT molecular complexity index is 437. The molecule has 1 saturated heterocycles. The second-order valence-electron chi connectivity index (χ2n) is 8.04. The lowest BCUT2D eigenvalue weighted by atomic mass is 9.76. The lowest BCUT2D eigenvalue weighted by Gasteiger charge is -2.29. The van der Waals surface area contributed by atoms with Gasteiger partial charge in [0.05, 0.1) is 18.8 Å². The maximum atomic E-state index is 12.1. The zero-order chi connectivity index (χ0) is 16.9. The molecule has 4 atom stereocenters. The highest BCUT2D eigenvalue weighted by molar-refractivity contribution is 5.79. The maximum absolute atomic E-state index is 12.1. The third-order valence-electron chi connectivity index (χ3n) is 6.23. The minimum atomic E-state index is -0.0400. The van der Waals surface area contributed by atoms with E-state index in [1.807, 2.05) is 0 Å². The summed E-state index contributed by atoms with van der Waals surface area (Å²) in [6, 6.07) is 0. The van der Waals surface area contributed by atoms with Gasteiger partial charge in [0.25, 0.3) is 0 Å². The van der Waals surface area contributed by atoms with Gasteiger partial charge in [-0.05, 0) is 56.3 Å². The summed E-state index contributed by atoms with van der Waals surface area (Å²) in [6.07, 6.45) is 11.5. The van der Waals surface area contributed by atoms with Crippen LogP contribution >= 0.6 is 0 Å². The van der Waals surface area contributed by atoms with Crippen LogP contribution in [0.3, 0.4) is 0 Å². The molecule has 4 heteroatoms. The van der Waals surface area contributed by atoms with Crippen molar-refractivity contribution in [1.29, 1.82) is 0 Å². The third kappa shape index (κ3) is 5.05. The molecule has 2 aliphatic carbocycles. The van der Waals surface area contributed by atoms with Gasteiger partial charge in [0, 0.05) is 19.3 Å². The van der Waals surface area contributed by atoms with Crippen LogP contribution in [0.25, 0.3) is 0 Å². The fourth-order valence-corrected chi connectivity index (χ4v) is 4.64. The highest BCUT2D eigenvalue weighted by Crippen LogP contribution is 2.39. The molecule has 0 amide bonds. The molecule has 4 unspecified atom stereocenters. The first kappa shape index (κ1) is 17.9. The second kappa shape index (κ2) is 8.46. The van der Waals surface area contributed by atoms with Crippen LogP contribution in [0.15, 0.2) is 0 Å². The fourth-order valence-electron chi connectivity index (χ4n) is 4.64. The topological polar surface area (TPSA) is 55.9 Å². The Morgan fingerprint density at radius 3 is 2.67 bits per heavy atom. The first-order chi connectivity index (χ1) is 11.7. The number of carbonyl (C=O) groups is 2. The van der Waals surface area contributed by atoms with Gasteiger partial charge in [0.2, 0.25) is 0 Å². The van der Waals surface area contributed by atoms with Crippen LogP contribution < -0.4 is 0 Å². The first-order valence-electron chi connectivity index (χ1n) is 9.98. The summed E-state index contributed by atoms with van der Waals surface area (Å²) in [4.78, 5) is 23.5. The van der Waals surface area contributed by atoms with Crippen molar-refractivity contribution in [2.75, 3.05) is 6.61 Å². The van der Waals surface area contributed by atoms with E-state index in [2.05, 4.69) is 6.92 Å². The van der Waals surface area contributed by atoms with Crippen LogP contribution in [0.5, 0.6) is 0 Å². The van der Waals surface area contributed by atoms with Crippen LogP contribution in [-0.2, 0) is 19.1 Å². The minimum absolute atomic E-state index is 0.0400. The Morgan fingerprint density at radius 2 is 1.96 bits per heavy atom. The van der Waals surface area contributed by atoms with Gasteiger partial charge in [-0.15, -0.1) is 0 Å². The average molecular weight is 336 g/mol. The molecule has 0 bridgehead atoms. The largest absolute Gasteiger partial charge is 0.465 e. The van der Waals surface area contributed by atoms with E-state index in [4.69, 9.17) is 9.47 Å². The van der Waals surface area contributed by atoms with E-state index in [0.29, 0.717) is 48.8 Å². The maximum Gasteiger partial charge on any atom is 0.305 e. The van der Waals surface area contributed by atoms with E-state index in [-0.39, 0.29) is 5.97 Å². The molecule has 136 valence electrons. The number of esters is 1. The van der Waals surface area contributed by atoms with Gasteiger partial charge >= 0.3 is 5.97 Å². The zero-order valence-electron chi connectivity index (χ0n) is 15.0. The second-order valence-corrected chi connectivity index (χ2v) is 8.04. The summed E-state index contributed by atoms with van der Waals surface area (Å²) < 4.78 is 11.1. The van der Waals surface area contributed by atoms with Crippen LogP contribution in [0.2, 0.25) is 0 Å². The SMILES string of the molecule is CCCC(CCC(=O)OCC1CCC2OC2C1)C1CCC(=O)CC1. The first-order valence-corrected chi connectivity index (χ1v) is 9.98. The Morgan fingerprint density at radius 1 is 1.17 bits per heavy atom. The average Bonchev–Trinajstić information content (AvgIpc) is 3.36. The number of hydrogen-bond donors (Lipinski definition) is 0. The highest BCUT2D eigenvalue weighted by atomic mass is 16.6. The Balaban J connectivity index is 1.35. The molecule has 3 aliphatic rings. The molecule has 3 fully saturated rings. The number of fused-ring (bicyclic) bond motifs is 1. The molecule has 1 heterocycles. The predicted molar refractivity (Wildman–Crippen MR) is 91.6 cm³/mol. The van der Waals surface area contributed by atoms with E-state index in [1.54, 1.807) is 0 Å². The van der Waals surface area contributed by atoms with Gasteiger partial charge in [-0.3, -0.25) is 9.59 Å². The summed E-state index contributed by atoms with van der Waals surface area (Å²) in [5, 5.41) is 0. The minimum Gasteiger partial charge on any atom is -0.465 e. The van der Waals surface area contributed by atoms with Crippen molar-refractivity contribution in [2.45, 2.75) is 89.8 Å². The van der Waals surface area contributed by atoms with E-state index in [1.165, 1.54) is 0 Å². The predicted octanol–water partition coefficient (Wildman–Crippen LogP) is 4.05. The van der Waals surface area contributed by atoms with Gasteiger partial charge in [-0.25, -0.2) is 0 Å². The van der Waals surface area contributed by atoms with Gasteiger partial charge in [0.15, 0.2) is 0 Å². The van der Waals surface area contributed by atoms with Crippen molar-refractivity contribution >= 4 is 11.8 Å². The van der Waals surface area contributed by atoms with Gasteiger partial charge in [0.1, 0.15) is 5.78 Å². The molecule has 0 aromatic heterocycles. The smallest absolute Gasteiger partial charge is 0.305 e. The summed E-state index contributed by atoms with van der Waals surface area (Å²) in [7, 11) is 0. The molecule has 0 radical (unpaired) electrons. The van der Waals surface area contributed by atoms with Crippen LogP contribution in [0.1, 0.15) is 77.6 Å². The molecule has 2 saturated carbocycles. The van der Waals surface area contributed by atoms with E-state index in [0.717, 1.165) is 64.2 Å². The molecule has 24 heavy (non-hydrogen) atoms. The van der Waals surface area contributed by atoms with Crippen molar-refractivity contribution in [3.63, 3.8) is 0 Å². The molecule has 4 nitrogen and oxygen atoms in total. The lowest BCUT2D eigenvalue weighted by Crippen LogP contribution is -2.23. The van der Waals surface area contributed by atoms with E-state index < -0.39 is 0 Å². The molecule has 0 N–H and O–H groups in total. The normalized spacial score (nSPS) is 31.4. The summed E-state index contributed by atoms with van der Waals surface area (Å²) in [5.41, 5.74) is 0. The fraction of sp³-hybridized carbons (Fsp3) is 0.900. The molecule has 0 spiro atoms. The van der Waals surface area contributed by atoms with Crippen molar-refractivity contribution < 1.29 is 19.1 Å². The number of hydrogen-bond acceptors (Lipinski definition) is 4. The number of epoxide rings is 1. The number of Topliss-reactive ketones (excluding diaryl/α,β-unsaturated/α-hetero) is 1. The van der Waals surface area contributed by atoms with Crippen molar-refractivity contribution in [3.05, 3.63) is 0 Å². The molecule has 3 rings (SSSR count). The van der Waals surface area contributed by atoms with Crippen LogP contribution in [-0.4, -0.2) is 30.6 Å². The molecule has 1 aliphatic heterocycles. The molecule has 0 aromatic rings. The van der Waals surface area contributed by atoms with Crippen molar-refractivity contribution in [3.8, 4) is 0 Å². The summed E-state index contributed by atoms with van der Waals surface area (Å²) >= 11 is 0. The third-order valence-corrected chi connectivity index (χ3v) is 6.23. The van der Waals surface area contributed by atoms with E-state index in [9.17, 15) is 9.59 Å². The number of carbonyl (C=O) groups excluding carboxylic acids is 2. The number of ketones is 1. The van der Waals surface area contributed by atoms with E-state index >= 15 is 0 Å². The standard InChI is InChI=1S/C20H32O4/c1-2-3-15(16-5-8-17(21)9-6-16)7-11-20(22)23-13-14-4-10-18-19(12-14)24-18/h14-16,18-19H,2-13H2,1H3. The summed E-state index contributed by atoms with van der Waals surface area (Å²) in [5.74, 6) is 2.06. The zero-order valence-corrected chi connectivity index (χ0v) is 15.0. The number of rotatable bonds is 8. The Labute approximate surface area is 145 Å². The van der Waals surface area contributed by atoms with Crippen molar-refractivity contribution in [2.24, 2.45) is 17.8 Å². The molecular weight excluding hydrogens is 304 g/mol. The van der Waals surface area contributed by atoms with Crippen LogP contribution in [0, 0.1) is 17.8 Å². The summed E-state index contributed by atoms with van der Waals surface area (Å²) in [6.45, 7) is 2.78. The van der Waals surface area contributed by atoms with Gasteiger partial charge in [-0.2, -0.15) is 0 Å². The van der Waals surface area contributed by atoms with Crippen LogP contribution in [0.4, 0.5) is 0 Å². The quantitative estimate of drug-likeness (QED) is 0.495. The monoisotopic (exact) mass is 336 g/mol. The van der Waals surface area contributed by atoms with Crippen molar-refractivity contribution in [1.82, 2.24) is 0 Å².